The second kappa shape index (κ2) is 4.17. The van der Waals surface area contributed by atoms with Gasteiger partial charge in [-0.25, -0.2) is 4.98 Å². The van der Waals surface area contributed by atoms with E-state index < -0.39 is 0 Å². The van der Waals surface area contributed by atoms with Crippen molar-refractivity contribution in [1.82, 2.24) is 9.38 Å². The minimum atomic E-state index is 0.689. The summed E-state index contributed by atoms with van der Waals surface area (Å²) in [7, 11) is 0. The highest BCUT2D eigenvalue weighted by Gasteiger charge is 2.11. The van der Waals surface area contributed by atoms with Gasteiger partial charge in [0.15, 0.2) is 0 Å². The van der Waals surface area contributed by atoms with E-state index in [1.807, 2.05) is 53.1 Å². The summed E-state index contributed by atoms with van der Waals surface area (Å²) in [4.78, 5) is 4.57. The largest absolute Gasteiger partial charge is 0.294 e. The molecular weight excluding hydrogens is 300 g/mol. The molecule has 0 saturated heterocycles. The molecule has 0 atom stereocenters. The van der Waals surface area contributed by atoms with E-state index in [4.69, 9.17) is 11.6 Å². The van der Waals surface area contributed by atoms with E-state index in [1.165, 1.54) is 0 Å². The molecule has 4 heteroatoms. The molecule has 3 rings (SSSR count). The Kier molecular flexibility index (Phi) is 2.65. The zero-order valence-electron chi connectivity index (χ0n) is 8.77. The Morgan fingerprint density at radius 1 is 1.12 bits per heavy atom. The van der Waals surface area contributed by atoms with Gasteiger partial charge in [-0.1, -0.05) is 41.9 Å². The normalized spacial score (nSPS) is 10.9. The summed E-state index contributed by atoms with van der Waals surface area (Å²) in [6.45, 7) is 0. The topological polar surface area (TPSA) is 17.3 Å². The van der Waals surface area contributed by atoms with Crippen LogP contribution in [-0.4, -0.2) is 9.38 Å². The van der Waals surface area contributed by atoms with E-state index in [1.54, 1.807) is 0 Å². The molecule has 0 fully saturated rings. The van der Waals surface area contributed by atoms with Gasteiger partial charge in [0.25, 0.3) is 0 Å². The average Bonchev–Trinajstić information content (AvgIpc) is 2.67. The van der Waals surface area contributed by atoms with Crippen LogP contribution in [0.2, 0.25) is 5.02 Å². The number of nitrogens with zero attached hydrogens (tertiary/aromatic N) is 2. The van der Waals surface area contributed by atoms with Crippen molar-refractivity contribution in [3.8, 4) is 11.3 Å². The molecule has 0 radical (unpaired) electrons. The molecule has 0 aliphatic heterocycles. The van der Waals surface area contributed by atoms with Crippen LogP contribution < -0.4 is 0 Å². The maximum atomic E-state index is 5.96. The standard InChI is InChI=1S/C13H8BrClN2/c14-13-12(9-4-2-1-3-5-9)16-11-8-10(15)6-7-17(11)13/h1-8H. The summed E-state index contributed by atoms with van der Waals surface area (Å²) in [5.41, 5.74) is 2.84. The summed E-state index contributed by atoms with van der Waals surface area (Å²) < 4.78 is 2.91. The van der Waals surface area contributed by atoms with Crippen LogP contribution in [0, 0.1) is 0 Å². The van der Waals surface area contributed by atoms with E-state index in [0.717, 1.165) is 21.5 Å². The van der Waals surface area contributed by atoms with Crippen molar-refractivity contribution in [3.63, 3.8) is 0 Å². The van der Waals surface area contributed by atoms with E-state index in [-0.39, 0.29) is 0 Å². The molecule has 0 N–H and O–H groups in total. The lowest BCUT2D eigenvalue weighted by molar-refractivity contribution is 1.15. The third-order valence-electron chi connectivity index (χ3n) is 2.58. The lowest BCUT2D eigenvalue weighted by Crippen LogP contribution is -1.82. The Hall–Kier alpha value is -1.32. The van der Waals surface area contributed by atoms with Gasteiger partial charge in [0, 0.05) is 22.8 Å². The van der Waals surface area contributed by atoms with Crippen LogP contribution in [0.15, 0.2) is 53.3 Å². The SMILES string of the molecule is Clc1ccn2c(Br)c(-c3ccccc3)nc2c1. The van der Waals surface area contributed by atoms with Crippen LogP contribution in [0.3, 0.4) is 0 Å². The predicted octanol–water partition coefficient (Wildman–Crippen LogP) is 4.42. The third-order valence-corrected chi connectivity index (χ3v) is 3.57. The number of hydrogen-bond acceptors (Lipinski definition) is 1. The molecule has 84 valence electrons. The first kappa shape index (κ1) is 10.8. The van der Waals surface area contributed by atoms with Crippen LogP contribution in [0.5, 0.6) is 0 Å². The van der Waals surface area contributed by atoms with E-state index >= 15 is 0 Å². The highest BCUT2D eigenvalue weighted by molar-refractivity contribution is 9.10. The Balaban J connectivity index is 2.28. The van der Waals surface area contributed by atoms with Crippen molar-refractivity contribution < 1.29 is 0 Å². The van der Waals surface area contributed by atoms with Gasteiger partial charge in [0.1, 0.15) is 15.9 Å². The maximum Gasteiger partial charge on any atom is 0.139 e. The van der Waals surface area contributed by atoms with Gasteiger partial charge in [-0.3, -0.25) is 4.40 Å². The molecule has 2 aromatic heterocycles. The number of fused-ring (bicyclic) bond motifs is 1. The van der Waals surface area contributed by atoms with Gasteiger partial charge < -0.3 is 0 Å². The van der Waals surface area contributed by atoms with Crippen LogP contribution in [0.1, 0.15) is 0 Å². The molecule has 0 unspecified atom stereocenters. The van der Waals surface area contributed by atoms with Crippen molar-refractivity contribution in [2.45, 2.75) is 0 Å². The fourth-order valence-electron chi connectivity index (χ4n) is 1.77. The van der Waals surface area contributed by atoms with Gasteiger partial charge in [0.05, 0.1) is 0 Å². The first-order chi connectivity index (χ1) is 8.25. The maximum absolute atomic E-state index is 5.96. The molecule has 0 saturated carbocycles. The summed E-state index contributed by atoms with van der Waals surface area (Å²) in [5.74, 6) is 0. The van der Waals surface area contributed by atoms with Gasteiger partial charge in [-0.15, -0.1) is 0 Å². The number of benzene rings is 1. The van der Waals surface area contributed by atoms with E-state index in [0.29, 0.717) is 5.02 Å². The monoisotopic (exact) mass is 306 g/mol. The van der Waals surface area contributed by atoms with Gasteiger partial charge in [-0.05, 0) is 22.0 Å². The Labute approximate surface area is 112 Å². The van der Waals surface area contributed by atoms with Gasteiger partial charge in [0.2, 0.25) is 0 Å². The molecule has 2 heterocycles. The van der Waals surface area contributed by atoms with Crippen molar-refractivity contribution in [2.75, 3.05) is 0 Å². The molecule has 17 heavy (non-hydrogen) atoms. The van der Waals surface area contributed by atoms with Crippen molar-refractivity contribution in [3.05, 3.63) is 58.3 Å². The molecule has 0 bridgehead atoms. The minimum Gasteiger partial charge on any atom is -0.294 e. The molecule has 2 nitrogen and oxygen atoms in total. The minimum absolute atomic E-state index is 0.689. The zero-order valence-corrected chi connectivity index (χ0v) is 11.1. The Bertz CT molecular complexity index is 676. The highest BCUT2D eigenvalue weighted by atomic mass is 79.9. The van der Waals surface area contributed by atoms with Crippen LogP contribution in [-0.2, 0) is 0 Å². The first-order valence-corrected chi connectivity index (χ1v) is 6.31. The molecular formula is C13H8BrClN2. The summed E-state index contributed by atoms with van der Waals surface area (Å²) in [6, 6.07) is 13.7. The fraction of sp³-hybridized carbons (Fsp3) is 0. The molecule has 1 aromatic carbocycles. The Morgan fingerprint density at radius 3 is 2.65 bits per heavy atom. The molecule has 0 aliphatic carbocycles. The average molecular weight is 308 g/mol. The number of imidazole rings is 1. The number of rotatable bonds is 1. The lowest BCUT2D eigenvalue weighted by atomic mass is 10.2. The molecule has 0 amide bonds. The fourth-order valence-corrected chi connectivity index (χ4v) is 2.54. The van der Waals surface area contributed by atoms with Crippen LogP contribution >= 0.6 is 27.5 Å². The van der Waals surface area contributed by atoms with E-state index in [2.05, 4.69) is 20.9 Å². The smallest absolute Gasteiger partial charge is 0.139 e. The number of hydrogen-bond donors (Lipinski definition) is 0. The van der Waals surface area contributed by atoms with Crippen molar-refractivity contribution >= 4 is 33.2 Å². The quantitative estimate of drug-likeness (QED) is 0.650. The van der Waals surface area contributed by atoms with E-state index in [9.17, 15) is 0 Å². The summed E-state index contributed by atoms with van der Waals surface area (Å²) in [5, 5.41) is 0.689. The molecule has 0 aliphatic rings. The highest BCUT2D eigenvalue weighted by Crippen LogP contribution is 2.29. The molecule has 0 spiro atoms. The second-order valence-corrected chi connectivity index (χ2v) is 4.88. The zero-order chi connectivity index (χ0) is 11.8. The number of aromatic nitrogens is 2. The summed E-state index contributed by atoms with van der Waals surface area (Å²) in [6.07, 6.45) is 1.90. The number of halogens is 2. The van der Waals surface area contributed by atoms with Crippen molar-refractivity contribution in [2.24, 2.45) is 0 Å². The predicted molar refractivity (Wildman–Crippen MR) is 73.3 cm³/mol. The Morgan fingerprint density at radius 2 is 1.88 bits per heavy atom. The molecule has 3 aromatic rings. The first-order valence-electron chi connectivity index (χ1n) is 5.14. The number of pyridine rings is 1. The lowest BCUT2D eigenvalue weighted by Gasteiger charge is -1.97. The van der Waals surface area contributed by atoms with Crippen molar-refractivity contribution in [1.29, 1.82) is 0 Å². The third kappa shape index (κ3) is 1.85. The summed E-state index contributed by atoms with van der Waals surface area (Å²) >= 11 is 9.53. The van der Waals surface area contributed by atoms with Gasteiger partial charge in [-0.2, -0.15) is 0 Å². The second-order valence-electron chi connectivity index (χ2n) is 3.69. The van der Waals surface area contributed by atoms with Crippen LogP contribution in [0.4, 0.5) is 0 Å². The van der Waals surface area contributed by atoms with Crippen LogP contribution in [0.25, 0.3) is 16.9 Å². The van der Waals surface area contributed by atoms with Gasteiger partial charge >= 0.3 is 0 Å².